The zero-order chi connectivity index (χ0) is 10.7. The lowest BCUT2D eigenvalue weighted by atomic mass is 9.94. The Hall–Kier alpha value is -1.16. The van der Waals surface area contributed by atoms with E-state index in [1.165, 1.54) is 12.8 Å². The van der Waals surface area contributed by atoms with E-state index in [2.05, 4.69) is 22.2 Å². The summed E-state index contributed by atoms with van der Waals surface area (Å²) in [5, 5.41) is 3.40. The molecule has 4 nitrogen and oxygen atoms in total. The van der Waals surface area contributed by atoms with Crippen LogP contribution < -0.4 is 10.1 Å². The van der Waals surface area contributed by atoms with Crippen LogP contribution in [-0.4, -0.2) is 30.2 Å². The Labute approximate surface area is 90.1 Å². The van der Waals surface area contributed by atoms with E-state index < -0.39 is 0 Å². The molecule has 15 heavy (non-hydrogen) atoms. The lowest BCUT2D eigenvalue weighted by Gasteiger charge is -2.23. The van der Waals surface area contributed by atoms with E-state index >= 15 is 0 Å². The number of aryl methyl sites for hydroxylation is 1. The monoisotopic (exact) mass is 207 g/mol. The van der Waals surface area contributed by atoms with Gasteiger partial charge in [0.05, 0.1) is 12.8 Å². The Morgan fingerprint density at radius 2 is 2.40 bits per heavy atom. The van der Waals surface area contributed by atoms with Crippen LogP contribution in [0.5, 0.6) is 6.01 Å². The summed E-state index contributed by atoms with van der Waals surface area (Å²) in [6.45, 7) is 4.20. The second-order valence-electron chi connectivity index (χ2n) is 3.97. The van der Waals surface area contributed by atoms with Gasteiger partial charge in [-0.25, -0.2) is 4.98 Å². The summed E-state index contributed by atoms with van der Waals surface area (Å²) in [7, 11) is 1.60. The maximum atomic E-state index is 5.06. The molecule has 0 aromatic carbocycles. The highest BCUT2D eigenvalue weighted by Gasteiger charge is 2.19. The Balaban J connectivity index is 2.24. The van der Waals surface area contributed by atoms with Crippen LogP contribution in [0.3, 0.4) is 0 Å². The summed E-state index contributed by atoms with van der Waals surface area (Å²) in [6, 6.07) is 0.473. The van der Waals surface area contributed by atoms with E-state index in [0.717, 1.165) is 24.3 Å². The summed E-state index contributed by atoms with van der Waals surface area (Å²) in [4.78, 5) is 8.54. The van der Waals surface area contributed by atoms with Crippen molar-refractivity contribution in [3.63, 3.8) is 0 Å². The number of nitrogens with zero attached hydrogens (tertiary/aromatic N) is 2. The van der Waals surface area contributed by atoms with Gasteiger partial charge in [-0.1, -0.05) is 0 Å². The van der Waals surface area contributed by atoms with Crippen molar-refractivity contribution in [1.82, 2.24) is 15.3 Å². The molecule has 1 aromatic rings. The molecule has 1 aliphatic heterocycles. The highest BCUT2D eigenvalue weighted by atomic mass is 16.5. The van der Waals surface area contributed by atoms with Crippen LogP contribution in [0.15, 0.2) is 6.20 Å². The van der Waals surface area contributed by atoms with Crippen molar-refractivity contribution in [3.8, 4) is 6.01 Å². The molecular weight excluding hydrogens is 190 g/mol. The van der Waals surface area contributed by atoms with Gasteiger partial charge in [0.15, 0.2) is 0 Å². The van der Waals surface area contributed by atoms with Gasteiger partial charge in [0, 0.05) is 18.7 Å². The quantitative estimate of drug-likeness (QED) is 0.793. The van der Waals surface area contributed by atoms with E-state index in [4.69, 9.17) is 4.74 Å². The average Bonchev–Trinajstić information content (AvgIpc) is 2.31. The topological polar surface area (TPSA) is 47.0 Å². The zero-order valence-corrected chi connectivity index (χ0v) is 9.29. The van der Waals surface area contributed by atoms with Gasteiger partial charge < -0.3 is 10.1 Å². The molecule has 2 heterocycles. The molecule has 1 saturated heterocycles. The van der Waals surface area contributed by atoms with Crippen LogP contribution in [0.4, 0.5) is 0 Å². The Morgan fingerprint density at radius 1 is 1.53 bits per heavy atom. The third kappa shape index (κ3) is 2.26. The second-order valence-corrected chi connectivity index (χ2v) is 3.97. The first-order chi connectivity index (χ1) is 7.31. The fourth-order valence-electron chi connectivity index (χ4n) is 2.04. The molecule has 1 fully saturated rings. The number of methoxy groups -OCH3 is 1. The third-order valence-corrected chi connectivity index (χ3v) is 2.85. The van der Waals surface area contributed by atoms with Gasteiger partial charge in [-0.3, -0.25) is 0 Å². The van der Waals surface area contributed by atoms with Crippen LogP contribution >= 0.6 is 0 Å². The molecule has 1 N–H and O–H groups in total. The minimum absolute atomic E-state index is 0.473. The van der Waals surface area contributed by atoms with Crippen molar-refractivity contribution in [3.05, 3.63) is 17.5 Å². The van der Waals surface area contributed by atoms with Gasteiger partial charge in [0.1, 0.15) is 0 Å². The molecule has 0 amide bonds. The molecule has 1 atom stereocenters. The number of aromatic nitrogens is 2. The van der Waals surface area contributed by atoms with E-state index in [-0.39, 0.29) is 0 Å². The molecule has 1 aromatic heterocycles. The minimum atomic E-state index is 0.473. The summed E-state index contributed by atoms with van der Waals surface area (Å²) < 4.78 is 5.06. The minimum Gasteiger partial charge on any atom is -0.467 e. The normalized spacial score (nSPS) is 21.3. The molecule has 1 aliphatic rings. The van der Waals surface area contributed by atoms with Crippen LogP contribution in [0.2, 0.25) is 0 Å². The molecule has 4 heteroatoms. The fourth-order valence-corrected chi connectivity index (χ4v) is 2.04. The van der Waals surface area contributed by atoms with Crippen molar-refractivity contribution >= 4 is 0 Å². The summed E-state index contributed by atoms with van der Waals surface area (Å²) in [5.74, 6) is 0.510. The summed E-state index contributed by atoms with van der Waals surface area (Å²) in [6.07, 6.45) is 4.26. The first kappa shape index (κ1) is 10.4. The van der Waals surface area contributed by atoms with Crippen molar-refractivity contribution in [2.75, 3.05) is 20.2 Å². The predicted molar refractivity (Wildman–Crippen MR) is 58.2 cm³/mol. The number of hydrogen-bond acceptors (Lipinski definition) is 4. The Kier molecular flexibility index (Phi) is 3.16. The molecule has 0 aliphatic carbocycles. The molecule has 2 rings (SSSR count). The lowest BCUT2D eigenvalue weighted by molar-refractivity contribution is 0.372. The predicted octanol–water partition coefficient (Wildman–Crippen LogP) is 1.26. The van der Waals surface area contributed by atoms with Gasteiger partial charge in [-0.05, 0) is 31.9 Å². The van der Waals surface area contributed by atoms with Crippen LogP contribution in [0, 0.1) is 6.92 Å². The molecule has 0 unspecified atom stereocenters. The van der Waals surface area contributed by atoms with Crippen LogP contribution in [-0.2, 0) is 0 Å². The van der Waals surface area contributed by atoms with Gasteiger partial charge in [0.25, 0.3) is 0 Å². The molecule has 0 saturated carbocycles. The van der Waals surface area contributed by atoms with Crippen molar-refractivity contribution < 1.29 is 4.74 Å². The first-order valence-electron chi connectivity index (χ1n) is 5.39. The number of nitrogens with one attached hydrogen (secondary N) is 1. The number of rotatable bonds is 2. The van der Waals surface area contributed by atoms with Crippen molar-refractivity contribution in [2.24, 2.45) is 0 Å². The molecule has 0 spiro atoms. The molecule has 0 radical (unpaired) electrons. The molecule has 82 valence electrons. The maximum Gasteiger partial charge on any atom is 0.316 e. The standard InChI is InChI=1S/C11H17N3O/c1-8-6-13-11(15-2)14-10(8)9-4-3-5-12-7-9/h6,9,12H,3-5,7H2,1-2H3/t9-/m1/s1. The van der Waals surface area contributed by atoms with Crippen LogP contribution in [0.25, 0.3) is 0 Å². The third-order valence-electron chi connectivity index (χ3n) is 2.85. The Morgan fingerprint density at radius 3 is 3.07 bits per heavy atom. The highest BCUT2D eigenvalue weighted by Crippen LogP contribution is 2.24. The van der Waals surface area contributed by atoms with Gasteiger partial charge in [-0.2, -0.15) is 4.98 Å². The highest BCUT2D eigenvalue weighted by molar-refractivity contribution is 5.22. The average molecular weight is 207 g/mol. The maximum absolute atomic E-state index is 5.06. The van der Waals surface area contributed by atoms with E-state index in [9.17, 15) is 0 Å². The van der Waals surface area contributed by atoms with Gasteiger partial charge in [0.2, 0.25) is 0 Å². The summed E-state index contributed by atoms with van der Waals surface area (Å²) >= 11 is 0. The van der Waals surface area contributed by atoms with E-state index in [1.807, 2.05) is 6.20 Å². The van der Waals surface area contributed by atoms with E-state index in [1.54, 1.807) is 7.11 Å². The van der Waals surface area contributed by atoms with Crippen LogP contribution in [0.1, 0.15) is 30.0 Å². The fraction of sp³-hybridized carbons (Fsp3) is 0.636. The zero-order valence-electron chi connectivity index (χ0n) is 9.29. The van der Waals surface area contributed by atoms with Crippen molar-refractivity contribution in [1.29, 1.82) is 0 Å². The van der Waals surface area contributed by atoms with Crippen molar-refractivity contribution in [2.45, 2.75) is 25.7 Å². The van der Waals surface area contributed by atoms with E-state index in [0.29, 0.717) is 11.9 Å². The van der Waals surface area contributed by atoms with Gasteiger partial charge >= 0.3 is 6.01 Å². The molecule has 0 bridgehead atoms. The number of ether oxygens (including phenoxy) is 1. The van der Waals surface area contributed by atoms with Gasteiger partial charge in [-0.15, -0.1) is 0 Å². The SMILES string of the molecule is COc1ncc(C)c([C@@H]2CCCNC2)n1. The largest absolute Gasteiger partial charge is 0.467 e. The second kappa shape index (κ2) is 4.57. The molecular formula is C11H17N3O. The first-order valence-corrected chi connectivity index (χ1v) is 5.39. The number of piperidine rings is 1. The smallest absolute Gasteiger partial charge is 0.316 e. The Bertz CT molecular complexity index is 335. The summed E-state index contributed by atoms with van der Waals surface area (Å²) in [5.41, 5.74) is 2.29. The lowest BCUT2D eigenvalue weighted by Crippen LogP contribution is -2.29. The number of hydrogen-bond donors (Lipinski definition) is 1.